The second kappa shape index (κ2) is 7.39. The average Bonchev–Trinajstić information content (AvgIpc) is 2.63. The predicted molar refractivity (Wildman–Crippen MR) is 96.6 cm³/mol. The fourth-order valence-corrected chi connectivity index (χ4v) is 2.96. The molecule has 1 amide bonds. The number of para-hydroxylation sites is 1. The summed E-state index contributed by atoms with van der Waals surface area (Å²) in [5, 5.41) is 0. The van der Waals surface area contributed by atoms with Gasteiger partial charge in [0.2, 0.25) is 0 Å². The second-order valence-electron chi connectivity index (χ2n) is 6.19. The maximum atomic E-state index is 12.4. The highest BCUT2D eigenvalue weighted by molar-refractivity contribution is 5.78. The van der Waals surface area contributed by atoms with Gasteiger partial charge < -0.3 is 14.5 Å². The smallest absolute Gasteiger partial charge is 0.260 e. The highest BCUT2D eigenvalue weighted by Gasteiger charge is 2.21. The van der Waals surface area contributed by atoms with Gasteiger partial charge >= 0.3 is 0 Å². The molecule has 4 nitrogen and oxygen atoms in total. The first-order chi connectivity index (χ1) is 11.6. The summed E-state index contributed by atoms with van der Waals surface area (Å²) in [7, 11) is 0. The van der Waals surface area contributed by atoms with Crippen molar-refractivity contribution in [3.05, 3.63) is 59.7 Å². The Hall–Kier alpha value is -2.49. The van der Waals surface area contributed by atoms with Crippen LogP contribution in [0.25, 0.3) is 0 Å². The molecular weight excluding hydrogens is 300 g/mol. The van der Waals surface area contributed by atoms with Crippen molar-refractivity contribution >= 4 is 11.6 Å². The van der Waals surface area contributed by atoms with Crippen LogP contribution in [0, 0.1) is 13.8 Å². The molecule has 2 aromatic rings. The second-order valence-corrected chi connectivity index (χ2v) is 6.19. The van der Waals surface area contributed by atoms with Gasteiger partial charge in [0.25, 0.3) is 5.91 Å². The molecule has 1 heterocycles. The number of benzene rings is 2. The van der Waals surface area contributed by atoms with E-state index < -0.39 is 0 Å². The van der Waals surface area contributed by atoms with Gasteiger partial charge in [-0.2, -0.15) is 0 Å². The minimum Gasteiger partial charge on any atom is -0.483 e. The zero-order chi connectivity index (χ0) is 16.9. The lowest BCUT2D eigenvalue weighted by Gasteiger charge is -2.36. The van der Waals surface area contributed by atoms with Crippen molar-refractivity contribution < 1.29 is 9.53 Å². The van der Waals surface area contributed by atoms with Crippen molar-refractivity contribution in [2.24, 2.45) is 0 Å². The Morgan fingerprint density at radius 1 is 0.958 bits per heavy atom. The van der Waals surface area contributed by atoms with E-state index in [1.807, 2.05) is 55.1 Å². The van der Waals surface area contributed by atoms with Gasteiger partial charge in [-0.1, -0.05) is 30.3 Å². The van der Waals surface area contributed by atoms with Crippen LogP contribution in [-0.2, 0) is 4.79 Å². The Bertz CT molecular complexity index is 692. The number of rotatable bonds is 4. The molecular formula is C20H24N2O2. The summed E-state index contributed by atoms with van der Waals surface area (Å²) in [6, 6.07) is 16.3. The Morgan fingerprint density at radius 2 is 1.67 bits per heavy atom. The third-order valence-corrected chi connectivity index (χ3v) is 4.66. The lowest BCUT2D eigenvalue weighted by atomic mass is 10.1. The summed E-state index contributed by atoms with van der Waals surface area (Å²) < 4.78 is 5.74. The maximum absolute atomic E-state index is 12.4. The van der Waals surface area contributed by atoms with E-state index in [2.05, 4.69) is 17.0 Å². The van der Waals surface area contributed by atoms with E-state index in [0.717, 1.165) is 37.5 Å². The molecule has 1 saturated heterocycles. The highest BCUT2D eigenvalue weighted by atomic mass is 16.5. The first-order valence-electron chi connectivity index (χ1n) is 8.42. The van der Waals surface area contributed by atoms with Crippen molar-refractivity contribution in [2.75, 3.05) is 37.7 Å². The number of amides is 1. The lowest BCUT2D eigenvalue weighted by molar-refractivity contribution is -0.133. The van der Waals surface area contributed by atoms with Gasteiger partial charge in [0.05, 0.1) is 0 Å². The largest absolute Gasteiger partial charge is 0.483 e. The van der Waals surface area contributed by atoms with E-state index in [0.29, 0.717) is 0 Å². The molecule has 24 heavy (non-hydrogen) atoms. The minimum atomic E-state index is 0.0589. The van der Waals surface area contributed by atoms with E-state index in [9.17, 15) is 4.79 Å². The number of anilines is 1. The first kappa shape index (κ1) is 16.4. The molecule has 0 radical (unpaired) electrons. The molecule has 0 aliphatic carbocycles. The predicted octanol–water partition coefficient (Wildman–Crippen LogP) is 3.03. The van der Waals surface area contributed by atoms with E-state index >= 15 is 0 Å². The summed E-state index contributed by atoms with van der Waals surface area (Å²) in [5.74, 6) is 0.856. The molecule has 1 aliphatic rings. The highest BCUT2D eigenvalue weighted by Crippen LogP contribution is 2.21. The maximum Gasteiger partial charge on any atom is 0.260 e. The normalized spacial score (nSPS) is 14.6. The van der Waals surface area contributed by atoms with Gasteiger partial charge in [-0.3, -0.25) is 4.79 Å². The molecule has 4 heteroatoms. The number of carbonyl (C=O) groups excluding carboxylic acids is 1. The molecule has 2 aromatic carbocycles. The molecule has 0 atom stereocenters. The molecule has 0 unspecified atom stereocenters. The Morgan fingerprint density at radius 3 is 2.38 bits per heavy atom. The van der Waals surface area contributed by atoms with Gasteiger partial charge in [0, 0.05) is 31.9 Å². The molecule has 0 bridgehead atoms. The van der Waals surface area contributed by atoms with E-state index in [-0.39, 0.29) is 12.5 Å². The molecule has 0 spiro atoms. The van der Waals surface area contributed by atoms with Crippen LogP contribution in [0.4, 0.5) is 5.69 Å². The van der Waals surface area contributed by atoms with Crippen LogP contribution in [0.1, 0.15) is 11.1 Å². The van der Waals surface area contributed by atoms with Crippen molar-refractivity contribution in [3.8, 4) is 5.75 Å². The van der Waals surface area contributed by atoms with Gasteiger partial charge in [-0.25, -0.2) is 0 Å². The summed E-state index contributed by atoms with van der Waals surface area (Å²) in [6.07, 6.45) is 0. The van der Waals surface area contributed by atoms with Gasteiger partial charge in [0.15, 0.2) is 6.61 Å². The molecule has 0 aromatic heterocycles. The number of hydrogen-bond acceptors (Lipinski definition) is 3. The number of ether oxygens (including phenoxy) is 1. The SMILES string of the molecule is Cc1cccc(OCC(=O)N2CCN(c3ccccc3)CC2)c1C. The van der Waals surface area contributed by atoms with Crippen LogP contribution in [0.2, 0.25) is 0 Å². The number of piperazine rings is 1. The Balaban J connectivity index is 1.51. The molecule has 3 rings (SSSR count). The van der Waals surface area contributed by atoms with E-state index in [4.69, 9.17) is 4.74 Å². The van der Waals surface area contributed by atoms with Crippen LogP contribution in [0.5, 0.6) is 5.75 Å². The van der Waals surface area contributed by atoms with Gasteiger partial charge in [-0.05, 0) is 43.2 Å². The quantitative estimate of drug-likeness (QED) is 0.867. The van der Waals surface area contributed by atoms with E-state index in [1.54, 1.807) is 0 Å². The zero-order valence-corrected chi connectivity index (χ0v) is 14.4. The molecule has 126 valence electrons. The molecule has 0 saturated carbocycles. The summed E-state index contributed by atoms with van der Waals surface area (Å²) in [4.78, 5) is 16.6. The van der Waals surface area contributed by atoms with E-state index in [1.165, 1.54) is 11.3 Å². The lowest BCUT2D eigenvalue weighted by Crippen LogP contribution is -2.50. The Labute approximate surface area is 143 Å². The van der Waals surface area contributed by atoms with Gasteiger partial charge in [-0.15, -0.1) is 0 Å². The number of hydrogen-bond donors (Lipinski definition) is 0. The topological polar surface area (TPSA) is 32.8 Å². The zero-order valence-electron chi connectivity index (χ0n) is 14.4. The Kier molecular flexibility index (Phi) is 5.04. The summed E-state index contributed by atoms with van der Waals surface area (Å²) in [6.45, 7) is 7.38. The number of nitrogens with zero attached hydrogens (tertiary/aromatic N) is 2. The number of aryl methyl sites for hydroxylation is 1. The standard InChI is InChI=1S/C20H24N2O2/c1-16-7-6-10-19(17(16)2)24-15-20(23)22-13-11-21(12-14-22)18-8-4-3-5-9-18/h3-10H,11-15H2,1-2H3. The van der Waals surface area contributed by atoms with Crippen molar-refractivity contribution in [2.45, 2.75) is 13.8 Å². The van der Waals surface area contributed by atoms with Crippen LogP contribution in [0.15, 0.2) is 48.5 Å². The average molecular weight is 324 g/mol. The third kappa shape index (κ3) is 3.70. The molecule has 0 N–H and O–H groups in total. The van der Waals surface area contributed by atoms with Crippen LogP contribution in [0.3, 0.4) is 0 Å². The fraction of sp³-hybridized carbons (Fsp3) is 0.350. The van der Waals surface area contributed by atoms with Crippen LogP contribution in [-0.4, -0.2) is 43.6 Å². The van der Waals surface area contributed by atoms with Crippen LogP contribution < -0.4 is 9.64 Å². The van der Waals surface area contributed by atoms with Crippen molar-refractivity contribution in [1.29, 1.82) is 0 Å². The molecule has 1 aliphatic heterocycles. The third-order valence-electron chi connectivity index (χ3n) is 4.66. The van der Waals surface area contributed by atoms with Crippen molar-refractivity contribution in [3.63, 3.8) is 0 Å². The van der Waals surface area contributed by atoms with Crippen LogP contribution >= 0.6 is 0 Å². The fourth-order valence-electron chi connectivity index (χ4n) is 2.96. The minimum absolute atomic E-state index is 0.0589. The number of carbonyl (C=O) groups is 1. The monoisotopic (exact) mass is 324 g/mol. The molecule has 1 fully saturated rings. The van der Waals surface area contributed by atoms with Crippen molar-refractivity contribution in [1.82, 2.24) is 4.90 Å². The van der Waals surface area contributed by atoms with Gasteiger partial charge in [0.1, 0.15) is 5.75 Å². The summed E-state index contributed by atoms with van der Waals surface area (Å²) >= 11 is 0. The summed E-state index contributed by atoms with van der Waals surface area (Å²) in [5.41, 5.74) is 3.49. The first-order valence-corrected chi connectivity index (χ1v) is 8.42.